The number of unbranched alkanes of at least 4 members (excludes halogenated alkanes) is 6. The maximum absolute atomic E-state index is 13.3. The molecule has 3 unspecified atom stereocenters. The van der Waals surface area contributed by atoms with Gasteiger partial charge in [-0.1, -0.05) is 64.9 Å². The summed E-state index contributed by atoms with van der Waals surface area (Å²) in [6, 6.07) is 0. The van der Waals surface area contributed by atoms with Crippen LogP contribution in [0.25, 0.3) is 0 Å². The van der Waals surface area contributed by atoms with Gasteiger partial charge in [-0.25, -0.2) is 0 Å². The van der Waals surface area contributed by atoms with Crippen molar-refractivity contribution in [2.45, 2.75) is 123 Å². The van der Waals surface area contributed by atoms with Crippen LogP contribution in [0.5, 0.6) is 0 Å². The Bertz CT molecular complexity index is 797. The van der Waals surface area contributed by atoms with Gasteiger partial charge in [0.25, 0.3) is 0 Å². The van der Waals surface area contributed by atoms with Crippen LogP contribution in [0.15, 0.2) is 11.6 Å². The first-order valence-corrected chi connectivity index (χ1v) is 13.8. The molecule has 0 saturated heterocycles. The van der Waals surface area contributed by atoms with Crippen molar-refractivity contribution in [1.29, 1.82) is 0 Å². The molecule has 0 aliphatic heterocycles. The van der Waals surface area contributed by atoms with E-state index >= 15 is 0 Å². The van der Waals surface area contributed by atoms with Crippen molar-refractivity contribution in [2.75, 3.05) is 0 Å². The molecule has 6 atom stereocenters. The van der Waals surface area contributed by atoms with E-state index < -0.39 is 0 Å². The molecular weight excluding hydrogens is 412 g/mol. The largest absolute Gasteiger partial charge is 0.462 e. The first kappa shape index (κ1) is 24.7. The molecule has 0 heterocycles. The van der Waals surface area contributed by atoms with Crippen LogP contribution in [0.4, 0.5) is 0 Å². The number of esters is 1. The van der Waals surface area contributed by atoms with Crippen LogP contribution in [-0.4, -0.2) is 23.6 Å². The van der Waals surface area contributed by atoms with E-state index in [-0.39, 0.29) is 40.5 Å². The first-order valence-electron chi connectivity index (χ1n) is 13.8. The third-order valence-corrected chi connectivity index (χ3v) is 9.89. The van der Waals surface area contributed by atoms with E-state index in [0.717, 1.165) is 44.9 Å². The molecule has 4 aliphatic carbocycles. The molecule has 0 amide bonds. The summed E-state index contributed by atoms with van der Waals surface area (Å²) in [5.41, 5.74) is 0.912. The molecule has 3 saturated carbocycles. The minimum Gasteiger partial charge on any atom is -0.462 e. The summed E-state index contributed by atoms with van der Waals surface area (Å²) in [6.07, 6.45) is 16.6. The average molecular weight is 457 g/mol. The number of hydrogen-bond donors (Lipinski definition) is 0. The summed E-state index contributed by atoms with van der Waals surface area (Å²) >= 11 is 0. The fourth-order valence-electron chi connectivity index (χ4n) is 7.71. The van der Waals surface area contributed by atoms with Crippen molar-refractivity contribution < 1.29 is 19.1 Å². The lowest BCUT2D eigenvalue weighted by Gasteiger charge is -2.56. The molecule has 0 aromatic rings. The SMILES string of the molecule is CCCCCCCCCC(=O)O[C@H]1CC[C@@]2(C)C(=CC(=O)C3C2CC[C@]2(C)C(=O)CCC32)C1. The Balaban J connectivity index is 1.32. The van der Waals surface area contributed by atoms with Crippen molar-refractivity contribution in [1.82, 2.24) is 0 Å². The zero-order chi connectivity index (χ0) is 23.6. The van der Waals surface area contributed by atoms with E-state index in [1.54, 1.807) is 0 Å². The van der Waals surface area contributed by atoms with Crippen molar-refractivity contribution in [2.24, 2.45) is 28.6 Å². The van der Waals surface area contributed by atoms with E-state index in [1.807, 2.05) is 6.08 Å². The van der Waals surface area contributed by atoms with Crippen LogP contribution < -0.4 is 0 Å². The molecule has 33 heavy (non-hydrogen) atoms. The average Bonchev–Trinajstić information content (AvgIpc) is 3.09. The Labute approximate surface area is 200 Å². The predicted octanol–water partition coefficient (Wildman–Crippen LogP) is 6.75. The van der Waals surface area contributed by atoms with E-state index in [2.05, 4.69) is 20.8 Å². The summed E-state index contributed by atoms with van der Waals surface area (Å²) in [4.78, 5) is 38.3. The number of rotatable bonds is 9. The van der Waals surface area contributed by atoms with Gasteiger partial charge in [0.15, 0.2) is 5.78 Å². The Morgan fingerprint density at radius 3 is 2.36 bits per heavy atom. The van der Waals surface area contributed by atoms with Crippen LogP contribution in [0.1, 0.15) is 117 Å². The normalized spacial score (nSPS) is 37.7. The summed E-state index contributed by atoms with van der Waals surface area (Å²) < 4.78 is 5.87. The minimum absolute atomic E-state index is 0.000349. The molecule has 0 aromatic carbocycles. The number of hydrogen-bond acceptors (Lipinski definition) is 4. The van der Waals surface area contributed by atoms with Gasteiger partial charge in [-0.2, -0.15) is 0 Å². The van der Waals surface area contributed by atoms with Gasteiger partial charge in [-0.3, -0.25) is 14.4 Å². The molecule has 0 bridgehead atoms. The Morgan fingerprint density at radius 2 is 1.61 bits per heavy atom. The van der Waals surface area contributed by atoms with Crippen LogP contribution in [0, 0.1) is 28.6 Å². The predicted molar refractivity (Wildman–Crippen MR) is 130 cm³/mol. The fourth-order valence-corrected chi connectivity index (χ4v) is 7.71. The summed E-state index contributed by atoms with van der Waals surface area (Å²) in [7, 11) is 0. The number of carbonyl (C=O) groups is 3. The third kappa shape index (κ3) is 4.73. The van der Waals surface area contributed by atoms with E-state index in [9.17, 15) is 14.4 Å². The quantitative estimate of drug-likeness (QED) is 0.284. The Kier molecular flexibility index (Phi) is 7.50. The van der Waals surface area contributed by atoms with Gasteiger partial charge in [-0.05, 0) is 61.9 Å². The smallest absolute Gasteiger partial charge is 0.306 e. The van der Waals surface area contributed by atoms with Crippen LogP contribution >= 0.6 is 0 Å². The number of fused-ring (bicyclic) bond motifs is 5. The Hall–Kier alpha value is -1.45. The first-order chi connectivity index (χ1) is 15.8. The standard InChI is InChI=1S/C29H44O4/c1-4-5-6-7-8-9-10-11-26(32)33-21-14-16-28(2)20(18-21)19-24(30)27-22-12-13-25(31)29(22,3)17-15-23(27)28/h19,21-23,27H,4-18H2,1-3H3/t21-,22?,23?,27?,28-,29-/m0/s1. The van der Waals surface area contributed by atoms with E-state index in [4.69, 9.17) is 4.74 Å². The summed E-state index contributed by atoms with van der Waals surface area (Å²) in [5, 5.41) is 0. The molecule has 3 fully saturated rings. The number of ketones is 2. The lowest BCUT2D eigenvalue weighted by Crippen LogP contribution is -2.53. The molecule has 4 rings (SSSR count). The van der Waals surface area contributed by atoms with Gasteiger partial charge in [0.1, 0.15) is 11.9 Å². The molecule has 0 N–H and O–H groups in total. The van der Waals surface area contributed by atoms with Crippen molar-refractivity contribution in [3.05, 3.63) is 11.6 Å². The van der Waals surface area contributed by atoms with Gasteiger partial charge in [-0.15, -0.1) is 0 Å². The summed E-state index contributed by atoms with van der Waals surface area (Å²) in [5.74, 6) is 1.07. The topological polar surface area (TPSA) is 60.4 Å². The highest BCUT2D eigenvalue weighted by Crippen LogP contribution is 2.63. The number of Topliss-reactive ketones (excluding diaryl/α,β-unsaturated/α-hetero) is 1. The highest BCUT2D eigenvalue weighted by atomic mass is 16.5. The van der Waals surface area contributed by atoms with Crippen LogP contribution in [-0.2, 0) is 19.1 Å². The third-order valence-electron chi connectivity index (χ3n) is 9.89. The zero-order valence-corrected chi connectivity index (χ0v) is 21.1. The fraction of sp³-hybridized carbons (Fsp3) is 0.828. The Morgan fingerprint density at radius 1 is 0.939 bits per heavy atom. The minimum atomic E-state index is -0.290. The van der Waals surface area contributed by atoms with Crippen molar-refractivity contribution in [3.63, 3.8) is 0 Å². The van der Waals surface area contributed by atoms with Gasteiger partial charge in [0, 0.05) is 30.6 Å². The zero-order valence-electron chi connectivity index (χ0n) is 21.1. The molecule has 0 radical (unpaired) electrons. The summed E-state index contributed by atoms with van der Waals surface area (Å²) in [6.45, 7) is 6.67. The van der Waals surface area contributed by atoms with Crippen molar-refractivity contribution in [3.8, 4) is 0 Å². The highest BCUT2D eigenvalue weighted by molar-refractivity contribution is 5.96. The molecule has 4 heteroatoms. The number of allylic oxidation sites excluding steroid dienone is 1. The van der Waals surface area contributed by atoms with Gasteiger partial charge in [0.2, 0.25) is 0 Å². The monoisotopic (exact) mass is 456 g/mol. The second-order valence-corrected chi connectivity index (χ2v) is 11.9. The number of carbonyl (C=O) groups excluding carboxylic acids is 3. The maximum atomic E-state index is 13.3. The molecular formula is C29H44O4. The highest BCUT2D eigenvalue weighted by Gasteiger charge is 2.61. The van der Waals surface area contributed by atoms with Gasteiger partial charge < -0.3 is 4.74 Å². The maximum Gasteiger partial charge on any atom is 0.306 e. The number of ether oxygens (including phenoxy) is 1. The lowest BCUT2D eigenvalue weighted by molar-refractivity contribution is -0.152. The van der Waals surface area contributed by atoms with Gasteiger partial charge in [0.05, 0.1) is 0 Å². The molecule has 0 aromatic heterocycles. The second kappa shape index (κ2) is 10.0. The van der Waals surface area contributed by atoms with Crippen LogP contribution in [0.2, 0.25) is 0 Å². The molecule has 4 nitrogen and oxygen atoms in total. The van der Waals surface area contributed by atoms with E-state index in [1.165, 1.54) is 37.7 Å². The van der Waals surface area contributed by atoms with E-state index in [0.29, 0.717) is 31.0 Å². The van der Waals surface area contributed by atoms with Crippen molar-refractivity contribution >= 4 is 17.5 Å². The lowest BCUT2D eigenvalue weighted by atomic mass is 9.48. The molecule has 184 valence electrons. The second-order valence-electron chi connectivity index (χ2n) is 11.9. The molecule has 4 aliphatic rings. The van der Waals surface area contributed by atoms with Gasteiger partial charge >= 0.3 is 5.97 Å². The van der Waals surface area contributed by atoms with Crippen LogP contribution in [0.3, 0.4) is 0 Å². The molecule has 0 spiro atoms.